The average Bonchev–Trinajstić information content (AvgIpc) is 3.34. The predicted octanol–water partition coefficient (Wildman–Crippen LogP) is 6.43. The fraction of sp³-hybridized carbons (Fsp3) is 0.433. The molecule has 11 heteroatoms. The van der Waals surface area contributed by atoms with E-state index in [2.05, 4.69) is 18.7 Å². The molecule has 41 heavy (non-hydrogen) atoms. The highest BCUT2D eigenvalue weighted by atomic mass is 32.1. The van der Waals surface area contributed by atoms with Gasteiger partial charge in [-0.2, -0.15) is 0 Å². The number of carboxylic acid groups (broad SMARTS) is 2. The summed E-state index contributed by atoms with van der Waals surface area (Å²) in [6.07, 6.45) is 6.54. The maximum atomic E-state index is 13.4. The SMILES string of the molecule is CCCCN(CCCC)CCCOc1ccc(C(=O)c2c(CC)sc3ccc([N+](=O)[O-])cc23)cc1.O=C(O)C(=O)O. The number of ketones is 1. The number of nitro groups is 1. The molecule has 0 atom stereocenters. The third kappa shape index (κ3) is 10.3. The molecule has 0 aliphatic carbocycles. The van der Waals surface area contributed by atoms with E-state index in [-0.39, 0.29) is 11.5 Å². The van der Waals surface area contributed by atoms with E-state index in [0.717, 1.165) is 41.4 Å². The number of hydrogen-bond donors (Lipinski definition) is 2. The Labute approximate surface area is 243 Å². The second-order valence-electron chi connectivity index (χ2n) is 9.41. The number of ether oxygens (including phenoxy) is 1. The smallest absolute Gasteiger partial charge is 0.414 e. The molecule has 3 aromatic rings. The van der Waals surface area contributed by atoms with Gasteiger partial charge < -0.3 is 19.8 Å². The zero-order valence-electron chi connectivity index (χ0n) is 23.8. The number of unbranched alkanes of at least 4 members (excludes halogenated alkanes) is 2. The monoisotopic (exact) mass is 586 g/mol. The summed E-state index contributed by atoms with van der Waals surface area (Å²) in [4.78, 5) is 45.9. The number of nitro benzene ring substituents is 1. The number of thiophene rings is 1. The van der Waals surface area contributed by atoms with Gasteiger partial charge in [-0.25, -0.2) is 9.59 Å². The lowest BCUT2D eigenvalue weighted by atomic mass is 9.99. The van der Waals surface area contributed by atoms with Crippen LogP contribution >= 0.6 is 11.3 Å². The molecular formula is C30H38N2O8S. The molecule has 0 unspecified atom stereocenters. The average molecular weight is 587 g/mol. The van der Waals surface area contributed by atoms with Crippen molar-refractivity contribution in [2.45, 2.75) is 59.3 Å². The number of nitrogens with zero attached hydrogens (tertiary/aromatic N) is 2. The van der Waals surface area contributed by atoms with E-state index in [1.807, 2.05) is 19.1 Å². The van der Waals surface area contributed by atoms with Crippen molar-refractivity contribution in [3.05, 3.63) is 68.6 Å². The van der Waals surface area contributed by atoms with Crippen LogP contribution in [0.25, 0.3) is 10.1 Å². The minimum Gasteiger partial charge on any atom is -0.494 e. The quantitative estimate of drug-likeness (QED) is 0.0676. The number of benzene rings is 2. The van der Waals surface area contributed by atoms with E-state index in [9.17, 15) is 14.9 Å². The number of carboxylic acids is 2. The number of hydrogen-bond acceptors (Lipinski definition) is 8. The normalized spacial score (nSPS) is 10.7. The van der Waals surface area contributed by atoms with E-state index >= 15 is 0 Å². The molecule has 0 saturated heterocycles. The summed E-state index contributed by atoms with van der Waals surface area (Å²) in [7, 11) is 0. The Kier molecular flexibility index (Phi) is 13.9. The molecule has 1 aromatic heterocycles. The molecule has 3 rings (SSSR count). The van der Waals surface area contributed by atoms with Crippen molar-refractivity contribution >= 4 is 44.8 Å². The Morgan fingerprint density at radius 2 is 1.49 bits per heavy atom. The fourth-order valence-corrected chi connectivity index (χ4v) is 5.29. The first-order valence-electron chi connectivity index (χ1n) is 13.8. The van der Waals surface area contributed by atoms with Crippen LogP contribution < -0.4 is 4.74 Å². The number of carbonyl (C=O) groups is 3. The maximum absolute atomic E-state index is 13.4. The van der Waals surface area contributed by atoms with Gasteiger partial charge in [-0.15, -0.1) is 11.3 Å². The lowest BCUT2D eigenvalue weighted by Gasteiger charge is -2.21. The molecule has 10 nitrogen and oxygen atoms in total. The van der Waals surface area contributed by atoms with Crippen molar-refractivity contribution in [3.8, 4) is 5.75 Å². The predicted molar refractivity (Wildman–Crippen MR) is 159 cm³/mol. The van der Waals surface area contributed by atoms with Crippen molar-refractivity contribution in [1.29, 1.82) is 0 Å². The van der Waals surface area contributed by atoms with Gasteiger partial charge >= 0.3 is 11.9 Å². The van der Waals surface area contributed by atoms with Crippen LogP contribution in [0.5, 0.6) is 5.75 Å². The Hall–Kier alpha value is -3.83. The Bertz CT molecular complexity index is 1300. The van der Waals surface area contributed by atoms with Crippen molar-refractivity contribution in [2.24, 2.45) is 0 Å². The van der Waals surface area contributed by atoms with E-state index < -0.39 is 16.9 Å². The van der Waals surface area contributed by atoms with Crippen LogP contribution in [0.15, 0.2) is 42.5 Å². The second kappa shape index (κ2) is 17.1. The summed E-state index contributed by atoms with van der Waals surface area (Å²) in [5, 5.41) is 26.7. The summed E-state index contributed by atoms with van der Waals surface area (Å²) < 4.78 is 6.83. The fourth-order valence-electron chi connectivity index (χ4n) is 4.17. The third-order valence-electron chi connectivity index (χ3n) is 6.35. The van der Waals surface area contributed by atoms with Crippen molar-refractivity contribution in [1.82, 2.24) is 4.90 Å². The lowest BCUT2D eigenvalue weighted by Crippen LogP contribution is -2.28. The van der Waals surface area contributed by atoms with Crippen LogP contribution in [-0.4, -0.2) is 64.0 Å². The summed E-state index contributed by atoms with van der Waals surface area (Å²) in [6, 6.07) is 12.0. The Morgan fingerprint density at radius 3 is 2.00 bits per heavy atom. The molecule has 2 N–H and O–H groups in total. The van der Waals surface area contributed by atoms with Gasteiger partial charge in [0.05, 0.1) is 11.5 Å². The summed E-state index contributed by atoms with van der Waals surface area (Å²) in [6.45, 7) is 10.4. The zero-order chi connectivity index (χ0) is 30.4. The zero-order valence-corrected chi connectivity index (χ0v) is 24.6. The topological polar surface area (TPSA) is 147 Å². The number of carbonyl (C=O) groups excluding carboxylic acids is 1. The van der Waals surface area contributed by atoms with Crippen LogP contribution in [-0.2, 0) is 16.0 Å². The van der Waals surface area contributed by atoms with Crippen LogP contribution in [0.3, 0.4) is 0 Å². The van der Waals surface area contributed by atoms with Gasteiger partial charge in [-0.3, -0.25) is 14.9 Å². The molecule has 0 radical (unpaired) electrons. The van der Waals surface area contributed by atoms with Crippen molar-refractivity contribution in [2.75, 3.05) is 26.2 Å². The second-order valence-corrected chi connectivity index (χ2v) is 10.5. The highest BCUT2D eigenvalue weighted by Gasteiger charge is 2.21. The molecule has 0 saturated carbocycles. The van der Waals surface area contributed by atoms with Crippen LogP contribution in [0.4, 0.5) is 5.69 Å². The first-order valence-corrected chi connectivity index (χ1v) is 14.6. The van der Waals surface area contributed by atoms with Gasteiger partial charge in [-0.1, -0.05) is 33.6 Å². The first-order chi connectivity index (χ1) is 19.6. The molecule has 0 amide bonds. The maximum Gasteiger partial charge on any atom is 0.414 e. The van der Waals surface area contributed by atoms with Crippen LogP contribution in [0, 0.1) is 10.1 Å². The van der Waals surface area contributed by atoms with Crippen LogP contribution in [0.2, 0.25) is 0 Å². The minimum absolute atomic E-state index is 0.00120. The number of rotatable bonds is 15. The highest BCUT2D eigenvalue weighted by molar-refractivity contribution is 7.19. The molecule has 0 fully saturated rings. The summed E-state index contributed by atoms with van der Waals surface area (Å²) >= 11 is 1.52. The highest BCUT2D eigenvalue weighted by Crippen LogP contribution is 2.35. The summed E-state index contributed by atoms with van der Waals surface area (Å²) in [5.74, 6) is -3.01. The van der Waals surface area contributed by atoms with Gasteiger partial charge in [-0.05, 0) is 69.1 Å². The van der Waals surface area contributed by atoms with Crippen molar-refractivity contribution < 1.29 is 34.3 Å². The molecule has 222 valence electrons. The number of aliphatic carboxylic acids is 2. The first kappa shape index (κ1) is 33.4. The summed E-state index contributed by atoms with van der Waals surface area (Å²) in [5.41, 5.74) is 1.13. The van der Waals surface area contributed by atoms with Gasteiger partial charge in [0, 0.05) is 44.8 Å². The largest absolute Gasteiger partial charge is 0.494 e. The van der Waals surface area contributed by atoms with Gasteiger partial charge in [0.1, 0.15) is 5.75 Å². The van der Waals surface area contributed by atoms with Gasteiger partial charge in [0.25, 0.3) is 5.69 Å². The molecule has 0 aliphatic heterocycles. The Morgan fingerprint density at radius 1 is 0.902 bits per heavy atom. The molecule has 0 bridgehead atoms. The Balaban J connectivity index is 0.000000883. The van der Waals surface area contributed by atoms with Gasteiger partial charge in [0.2, 0.25) is 0 Å². The molecule has 0 spiro atoms. The number of fused-ring (bicyclic) bond motifs is 1. The van der Waals surface area contributed by atoms with Crippen LogP contribution in [0.1, 0.15) is 73.7 Å². The van der Waals surface area contributed by atoms with E-state index in [0.29, 0.717) is 29.5 Å². The van der Waals surface area contributed by atoms with Gasteiger partial charge in [0.15, 0.2) is 5.78 Å². The number of aryl methyl sites for hydroxylation is 1. The third-order valence-corrected chi connectivity index (χ3v) is 7.66. The molecule has 0 aliphatic rings. The van der Waals surface area contributed by atoms with Crippen molar-refractivity contribution in [3.63, 3.8) is 0 Å². The molecular weight excluding hydrogens is 548 g/mol. The minimum atomic E-state index is -1.82. The standard InChI is InChI=1S/C28H36N2O4S.C2H2O4/c1-4-7-16-29(17-8-5-2)18-9-19-34-23-13-10-21(11-14-23)28(31)27-24-20-22(30(32)33)12-15-26(24)35-25(27)6-3;3-1(4)2(5)6/h10-15,20H,4-9,16-19H2,1-3H3;(H,3,4)(H,5,6). The van der Waals surface area contributed by atoms with E-state index in [1.54, 1.807) is 18.2 Å². The lowest BCUT2D eigenvalue weighted by molar-refractivity contribution is -0.384. The van der Waals surface area contributed by atoms with E-state index in [1.165, 1.54) is 49.2 Å². The van der Waals surface area contributed by atoms with E-state index in [4.69, 9.17) is 24.5 Å². The molecule has 1 heterocycles. The molecule has 2 aromatic carbocycles. The number of non-ortho nitro benzene ring substituents is 1.